The normalized spacial score (nSPS) is 17.1. The van der Waals surface area contributed by atoms with Crippen molar-refractivity contribution in [2.45, 2.75) is 44.9 Å². The van der Waals surface area contributed by atoms with E-state index in [-0.39, 0.29) is 6.04 Å². The number of aliphatic carboxylic acids is 1. The Balaban J connectivity index is 1.56. The lowest BCUT2D eigenvalue weighted by Gasteiger charge is -2.39. The van der Waals surface area contributed by atoms with E-state index in [9.17, 15) is 9.90 Å². The summed E-state index contributed by atoms with van der Waals surface area (Å²) in [6.07, 6.45) is 2.57. The molecule has 5 nitrogen and oxygen atoms in total. The number of carboxylic acids is 1. The zero-order valence-corrected chi connectivity index (χ0v) is 21.2. The highest BCUT2D eigenvalue weighted by Crippen LogP contribution is 2.42. The minimum Gasteiger partial charge on any atom is -0.490 e. The zero-order valence-electron chi connectivity index (χ0n) is 20.4. The first-order chi connectivity index (χ1) is 17.7. The van der Waals surface area contributed by atoms with Crippen molar-refractivity contribution in [1.29, 1.82) is 0 Å². The van der Waals surface area contributed by atoms with E-state index in [0.717, 1.165) is 36.1 Å². The number of ether oxygens (including phenoxy) is 2. The Labute approximate surface area is 215 Å². The number of carboxylic acid groups (broad SMARTS) is 1. The minimum atomic E-state index is -0.757. The predicted octanol–water partition coefficient (Wildman–Crippen LogP) is 6.91. The largest absolute Gasteiger partial charge is 0.490 e. The molecule has 0 spiro atoms. The molecular formula is C30H31NO4S. The molecule has 0 bridgehead atoms. The third kappa shape index (κ3) is 5.11. The molecule has 186 valence electrons. The Morgan fingerprint density at radius 1 is 1.03 bits per heavy atom. The maximum atomic E-state index is 12.3. The van der Waals surface area contributed by atoms with Gasteiger partial charge in [-0.2, -0.15) is 0 Å². The number of likely N-dealkylation sites (tertiary alicyclic amines) is 1. The quantitative estimate of drug-likeness (QED) is 0.270. The van der Waals surface area contributed by atoms with Crippen molar-refractivity contribution in [3.63, 3.8) is 0 Å². The van der Waals surface area contributed by atoms with Crippen molar-refractivity contribution in [1.82, 2.24) is 4.90 Å². The third-order valence-corrected chi connectivity index (χ3v) is 7.77. The molecule has 6 heteroatoms. The first kappa shape index (κ1) is 24.3. The minimum absolute atomic E-state index is 0.190. The van der Waals surface area contributed by atoms with E-state index in [4.69, 9.17) is 9.47 Å². The second kappa shape index (κ2) is 11.1. The summed E-state index contributed by atoms with van der Waals surface area (Å²) in [6, 6.07) is 23.8. The van der Waals surface area contributed by atoms with Crippen LogP contribution in [0.4, 0.5) is 0 Å². The van der Waals surface area contributed by atoms with Crippen LogP contribution in [0.3, 0.4) is 0 Å². The van der Waals surface area contributed by atoms with Crippen LogP contribution < -0.4 is 9.47 Å². The summed E-state index contributed by atoms with van der Waals surface area (Å²) in [5, 5.41) is 13.4. The SMILES string of the molecule is CCOc1cc(C(c2csc3ccccc23)N2CCCCC2C(=O)O)ccc1OCc1ccccc1. The first-order valence-electron chi connectivity index (χ1n) is 12.5. The monoisotopic (exact) mass is 501 g/mol. The van der Waals surface area contributed by atoms with E-state index in [1.165, 1.54) is 10.1 Å². The van der Waals surface area contributed by atoms with Crippen LogP contribution in [0.5, 0.6) is 11.5 Å². The average Bonchev–Trinajstić information content (AvgIpc) is 3.33. The molecule has 2 unspecified atom stereocenters. The molecular weight excluding hydrogens is 470 g/mol. The van der Waals surface area contributed by atoms with Gasteiger partial charge in [0.05, 0.1) is 12.6 Å². The Morgan fingerprint density at radius 3 is 2.64 bits per heavy atom. The molecule has 1 fully saturated rings. The van der Waals surface area contributed by atoms with Crippen LogP contribution in [-0.4, -0.2) is 35.2 Å². The fourth-order valence-corrected chi connectivity index (χ4v) is 6.09. The summed E-state index contributed by atoms with van der Waals surface area (Å²) < 4.78 is 13.4. The number of rotatable bonds is 9. The van der Waals surface area contributed by atoms with E-state index < -0.39 is 12.0 Å². The number of benzene rings is 3. The summed E-state index contributed by atoms with van der Waals surface area (Å²) in [6.45, 7) is 3.66. The Kier molecular flexibility index (Phi) is 7.54. The van der Waals surface area contributed by atoms with Gasteiger partial charge < -0.3 is 14.6 Å². The number of carbonyl (C=O) groups is 1. The summed E-state index contributed by atoms with van der Waals surface area (Å²) in [5.41, 5.74) is 3.25. The summed E-state index contributed by atoms with van der Waals surface area (Å²) in [4.78, 5) is 14.5. The van der Waals surface area contributed by atoms with Gasteiger partial charge in [0.1, 0.15) is 12.6 Å². The molecule has 1 aliphatic heterocycles. The molecule has 5 rings (SSSR count). The van der Waals surface area contributed by atoms with E-state index in [1.807, 2.05) is 61.5 Å². The molecule has 0 radical (unpaired) electrons. The standard InChI is InChI=1S/C30H31NO4S/c1-2-34-27-18-22(15-16-26(27)35-19-21-10-4-3-5-11-21)29(31-17-9-8-13-25(31)30(32)33)24-20-36-28-14-7-6-12-23(24)28/h3-7,10-12,14-16,18,20,25,29H,2,8-9,13,17,19H2,1H3,(H,32,33). The van der Waals surface area contributed by atoms with Gasteiger partial charge in [-0.1, -0.05) is 61.0 Å². The zero-order chi connectivity index (χ0) is 24.9. The number of hydrogen-bond donors (Lipinski definition) is 1. The maximum Gasteiger partial charge on any atom is 0.320 e. The highest BCUT2D eigenvalue weighted by molar-refractivity contribution is 7.17. The highest BCUT2D eigenvalue weighted by Gasteiger charge is 2.36. The van der Waals surface area contributed by atoms with Gasteiger partial charge in [-0.25, -0.2) is 0 Å². The molecule has 3 aromatic carbocycles. The van der Waals surface area contributed by atoms with Crippen molar-refractivity contribution >= 4 is 27.4 Å². The fourth-order valence-electron chi connectivity index (χ4n) is 5.11. The molecule has 2 atom stereocenters. The van der Waals surface area contributed by atoms with Gasteiger partial charge in [-0.15, -0.1) is 11.3 Å². The van der Waals surface area contributed by atoms with Gasteiger partial charge >= 0.3 is 5.97 Å². The van der Waals surface area contributed by atoms with Crippen LogP contribution in [0.25, 0.3) is 10.1 Å². The number of nitrogens with zero attached hydrogens (tertiary/aromatic N) is 1. The predicted molar refractivity (Wildman–Crippen MR) is 144 cm³/mol. The van der Waals surface area contributed by atoms with E-state index in [1.54, 1.807) is 11.3 Å². The molecule has 0 amide bonds. The Hall–Kier alpha value is -3.35. The molecule has 4 aromatic rings. The van der Waals surface area contributed by atoms with Crippen LogP contribution in [0.2, 0.25) is 0 Å². The van der Waals surface area contributed by atoms with Crippen molar-refractivity contribution in [3.8, 4) is 11.5 Å². The van der Waals surface area contributed by atoms with Crippen molar-refractivity contribution in [2.75, 3.05) is 13.2 Å². The lowest BCUT2D eigenvalue weighted by atomic mass is 9.91. The topological polar surface area (TPSA) is 59.0 Å². The number of piperidine rings is 1. The molecule has 1 N–H and O–H groups in total. The van der Waals surface area contributed by atoms with Gasteiger partial charge in [-0.3, -0.25) is 9.69 Å². The lowest BCUT2D eigenvalue weighted by Crippen LogP contribution is -2.46. The van der Waals surface area contributed by atoms with E-state index in [0.29, 0.717) is 31.1 Å². The number of thiophene rings is 1. The summed E-state index contributed by atoms with van der Waals surface area (Å²) >= 11 is 1.70. The number of hydrogen-bond acceptors (Lipinski definition) is 5. The van der Waals surface area contributed by atoms with Crippen LogP contribution in [-0.2, 0) is 11.4 Å². The molecule has 0 saturated carbocycles. The molecule has 2 heterocycles. The molecule has 0 aliphatic carbocycles. The van der Waals surface area contributed by atoms with Crippen molar-refractivity contribution < 1.29 is 19.4 Å². The summed E-state index contributed by atoms with van der Waals surface area (Å²) in [5.74, 6) is 0.609. The second-order valence-corrected chi connectivity index (χ2v) is 10.0. The number of fused-ring (bicyclic) bond motifs is 1. The highest BCUT2D eigenvalue weighted by atomic mass is 32.1. The van der Waals surface area contributed by atoms with Crippen LogP contribution >= 0.6 is 11.3 Å². The fraction of sp³-hybridized carbons (Fsp3) is 0.300. The lowest BCUT2D eigenvalue weighted by molar-refractivity contribution is -0.145. The molecule has 36 heavy (non-hydrogen) atoms. The van der Waals surface area contributed by atoms with Gasteiger partial charge in [-0.05, 0) is 72.0 Å². The van der Waals surface area contributed by atoms with E-state index >= 15 is 0 Å². The van der Waals surface area contributed by atoms with Gasteiger partial charge in [0, 0.05) is 4.70 Å². The third-order valence-electron chi connectivity index (χ3n) is 6.79. The summed E-state index contributed by atoms with van der Waals surface area (Å²) in [7, 11) is 0. The molecule has 1 aliphatic rings. The van der Waals surface area contributed by atoms with Gasteiger partial charge in [0.25, 0.3) is 0 Å². The van der Waals surface area contributed by atoms with Crippen LogP contribution in [0, 0.1) is 0 Å². The van der Waals surface area contributed by atoms with Crippen molar-refractivity contribution in [2.24, 2.45) is 0 Å². The van der Waals surface area contributed by atoms with E-state index in [2.05, 4.69) is 28.5 Å². The molecule has 1 aromatic heterocycles. The average molecular weight is 502 g/mol. The van der Waals surface area contributed by atoms with Crippen molar-refractivity contribution in [3.05, 3.63) is 94.9 Å². The first-order valence-corrected chi connectivity index (χ1v) is 13.4. The smallest absolute Gasteiger partial charge is 0.320 e. The molecule has 1 saturated heterocycles. The Bertz CT molecular complexity index is 1320. The van der Waals surface area contributed by atoms with Crippen LogP contribution in [0.1, 0.15) is 48.9 Å². The van der Waals surface area contributed by atoms with Gasteiger partial charge in [0.2, 0.25) is 0 Å². The van der Waals surface area contributed by atoms with Crippen LogP contribution in [0.15, 0.2) is 78.2 Å². The van der Waals surface area contributed by atoms with Gasteiger partial charge in [0.15, 0.2) is 11.5 Å². The maximum absolute atomic E-state index is 12.3. The Morgan fingerprint density at radius 2 is 1.83 bits per heavy atom. The second-order valence-electron chi connectivity index (χ2n) is 9.09.